The SMILES string of the molecule is Clc1csc(NCC2CCCN2)n1. The van der Waals surface area contributed by atoms with Crippen LogP contribution in [0.2, 0.25) is 5.15 Å². The zero-order chi connectivity index (χ0) is 9.10. The summed E-state index contributed by atoms with van der Waals surface area (Å²) < 4.78 is 0. The number of hydrogen-bond donors (Lipinski definition) is 2. The van der Waals surface area contributed by atoms with E-state index in [9.17, 15) is 0 Å². The van der Waals surface area contributed by atoms with Crippen molar-refractivity contribution < 1.29 is 0 Å². The average Bonchev–Trinajstić information content (AvgIpc) is 2.71. The van der Waals surface area contributed by atoms with Crippen LogP contribution in [0.4, 0.5) is 5.13 Å². The monoisotopic (exact) mass is 217 g/mol. The zero-order valence-corrected chi connectivity index (χ0v) is 8.79. The molecule has 1 fully saturated rings. The standard InChI is InChI=1S/C8H12ClN3S/c9-7-5-13-8(12-7)11-4-6-2-1-3-10-6/h5-6,10H,1-4H2,(H,11,12). The van der Waals surface area contributed by atoms with Gasteiger partial charge in [0.25, 0.3) is 0 Å². The van der Waals surface area contributed by atoms with Crippen molar-refractivity contribution >= 4 is 28.1 Å². The second-order valence-corrected chi connectivity index (χ2v) is 4.39. The van der Waals surface area contributed by atoms with Gasteiger partial charge in [0, 0.05) is 18.0 Å². The lowest BCUT2D eigenvalue weighted by atomic mass is 10.2. The summed E-state index contributed by atoms with van der Waals surface area (Å²) in [6, 6.07) is 0.600. The maximum Gasteiger partial charge on any atom is 0.184 e. The molecule has 0 spiro atoms. The molecule has 1 unspecified atom stereocenters. The number of anilines is 1. The van der Waals surface area contributed by atoms with E-state index in [1.54, 1.807) is 11.3 Å². The second-order valence-electron chi connectivity index (χ2n) is 3.15. The third-order valence-corrected chi connectivity index (χ3v) is 3.26. The number of rotatable bonds is 3. The first-order chi connectivity index (χ1) is 6.34. The van der Waals surface area contributed by atoms with Gasteiger partial charge in [0.2, 0.25) is 0 Å². The third kappa shape index (κ3) is 2.56. The lowest BCUT2D eigenvalue weighted by Gasteiger charge is -2.09. The van der Waals surface area contributed by atoms with Crippen molar-refractivity contribution in [3.8, 4) is 0 Å². The Morgan fingerprint density at radius 1 is 1.77 bits per heavy atom. The van der Waals surface area contributed by atoms with Gasteiger partial charge in [-0.1, -0.05) is 11.6 Å². The van der Waals surface area contributed by atoms with Crippen LogP contribution in [0.25, 0.3) is 0 Å². The van der Waals surface area contributed by atoms with Crippen LogP contribution < -0.4 is 10.6 Å². The van der Waals surface area contributed by atoms with Crippen LogP contribution >= 0.6 is 22.9 Å². The number of thiazole rings is 1. The molecule has 1 aromatic rings. The van der Waals surface area contributed by atoms with Crippen LogP contribution in [0, 0.1) is 0 Å². The van der Waals surface area contributed by atoms with Crippen LogP contribution in [-0.4, -0.2) is 24.1 Å². The molecule has 0 saturated carbocycles. The van der Waals surface area contributed by atoms with Crippen molar-refractivity contribution in [2.24, 2.45) is 0 Å². The first kappa shape index (κ1) is 9.24. The Balaban J connectivity index is 1.78. The highest BCUT2D eigenvalue weighted by Gasteiger charge is 2.13. The predicted octanol–water partition coefficient (Wildman–Crippen LogP) is 1.96. The van der Waals surface area contributed by atoms with Crippen molar-refractivity contribution in [1.29, 1.82) is 0 Å². The number of aromatic nitrogens is 1. The Labute approximate surface area is 86.5 Å². The van der Waals surface area contributed by atoms with Gasteiger partial charge in [-0.2, -0.15) is 0 Å². The normalized spacial score (nSPS) is 22.1. The molecule has 3 nitrogen and oxygen atoms in total. The maximum atomic E-state index is 5.70. The summed E-state index contributed by atoms with van der Waals surface area (Å²) in [6.07, 6.45) is 2.54. The number of nitrogens with one attached hydrogen (secondary N) is 2. The lowest BCUT2D eigenvalue weighted by Crippen LogP contribution is -2.29. The van der Waals surface area contributed by atoms with Crippen molar-refractivity contribution in [3.05, 3.63) is 10.5 Å². The van der Waals surface area contributed by atoms with Gasteiger partial charge in [-0.05, 0) is 19.4 Å². The smallest absolute Gasteiger partial charge is 0.184 e. The molecule has 2 rings (SSSR count). The molecule has 1 atom stereocenters. The van der Waals surface area contributed by atoms with E-state index in [1.165, 1.54) is 12.8 Å². The molecule has 0 radical (unpaired) electrons. The topological polar surface area (TPSA) is 37.0 Å². The Morgan fingerprint density at radius 3 is 3.31 bits per heavy atom. The summed E-state index contributed by atoms with van der Waals surface area (Å²) >= 11 is 7.25. The van der Waals surface area contributed by atoms with Gasteiger partial charge in [0.15, 0.2) is 5.13 Å². The minimum Gasteiger partial charge on any atom is -0.360 e. The highest BCUT2D eigenvalue weighted by molar-refractivity contribution is 7.14. The Morgan fingerprint density at radius 2 is 2.69 bits per heavy atom. The van der Waals surface area contributed by atoms with Crippen LogP contribution in [0.3, 0.4) is 0 Å². The molecule has 72 valence electrons. The quantitative estimate of drug-likeness (QED) is 0.813. The molecule has 0 aromatic carbocycles. The van der Waals surface area contributed by atoms with E-state index < -0.39 is 0 Å². The summed E-state index contributed by atoms with van der Waals surface area (Å²) in [4.78, 5) is 4.12. The van der Waals surface area contributed by atoms with Gasteiger partial charge in [-0.15, -0.1) is 11.3 Å². The van der Waals surface area contributed by atoms with E-state index in [-0.39, 0.29) is 0 Å². The van der Waals surface area contributed by atoms with Gasteiger partial charge < -0.3 is 10.6 Å². The molecular formula is C8H12ClN3S. The first-order valence-corrected chi connectivity index (χ1v) is 5.68. The molecule has 1 aromatic heterocycles. The molecule has 2 N–H and O–H groups in total. The predicted molar refractivity (Wildman–Crippen MR) is 56.6 cm³/mol. The second kappa shape index (κ2) is 4.26. The Bertz CT molecular complexity index is 270. The van der Waals surface area contributed by atoms with E-state index in [0.29, 0.717) is 11.2 Å². The lowest BCUT2D eigenvalue weighted by molar-refractivity contribution is 0.633. The highest BCUT2D eigenvalue weighted by Crippen LogP contribution is 2.19. The van der Waals surface area contributed by atoms with Crippen LogP contribution in [0.5, 0.6) is 0 Å². The first-order valence-electron chi connectivity index (χ1n) is 4.43. The minimum atomic E-state index is 0.576. The summed E-state index contributed by atoms with van der Waals surface area (Å²) in [5.41, 5.74) is 0. The Kier molecular flexibility index (Phi) is 3.03. The van der Waals surface area contributed by atoms with Gasteiger partial charge in [0.05, 0.1) is 0 Å². The minimum absolute atomic E-state index is 0.576. The molecule has 1 aliphatic heterocycles. The van der Waals surface area contributed by atoms with E-state index in [0.717, 1.165) is 18.2 Å². The van der Waals surface area contributed by atoms with Gasteiger partial charge in [0.1, 0.15) is 5.15 Å². The van der Waals surface area contributed by atoms with Crippen LogP contribution in [-0.2, 0) is 0 Å². The van der Waals surface area contributed by atoms with E-state index in [1.807, 2.05) is 5.38 Å². The fourth-order valence-electron chi connectivity index (χ4n) is 1.48. The van der Waals surface area contributed by atoms with Crippen molar-refractivity contribution in [2.45, 2.75) is 18.9 Å². The van der Waals surface area contributed by atoms with E-state index in [4.69, 9.17) is 11.6 Å². The summed E-state index contributed by atoms with van der Waals surface area (Å²) in [6.45, 7) is 2.09. The van der Waals surface area contributed by atoms with E-state index in [2.05, 4.69) is 15.6 Å². The number of halogens is 1. The molecule has 1 aliphatic rings. The maximum absolute atomic E-state index is 5.70. The molecule has 0 bridgehead atoms. The summed E-state index contributed by atoms with van der Waals surface area (Å²) in [5, 5.41) is 10.0. The molecule has 13 heavy (non-hydrogen) atoms. The summed E-state index contributed by atoms with van der Waals surface area (Å²) in [7, 11) is 0. The van der Waals surface area contributed by atoms with Gasteiger partial charge in [-0.25, -0.2) is 4.98 Å². The van der Waals surface area contributed by atoms with Crippen LogP contribution in [0.15, 0.2) is 5.38 Å². The molecule has 0 aliphatic carbocycles. The van der Waals surface area contributed by atoms with Crippen LogP contribution in [0.1, 0.15) is 12.8 Å². The largest absolute Gasteiger partial charge is 0.360 e. The average molecular weight is 218 g/mol. The number of hydrogen-bond acceptors (Lipinski definition) is 4. The molecule has 5 heteroatoms. The van der Waals surface area contributed by atoms with Crippen molar-refractivity contribution in [1.82, 2.24) is 10.3 Å². The molecule has 1 saturated heterocycles. The fraction of sp³-hybridized carbons (Fsp3) is 0.625. The molecule has 0 amide bonds. The van der Waals surface area contributed by atoms with Gasteiger partial charge >= 0.3 is 0 Å². The number of nitrogens with zero attached hydrogens (tertiary/aromatic N) is 1. The molecular weight excluding hydrogens is 206 g/mol. The van der Waals surface area contributed by atoms with Gasteiger partial charge in [-0.3, -0.25) is 0 Å². The van der Waals surface area contributed by atoms with Crippen molar-refractivity contribution in [2.75, 3.05) is 18.4 Å². The fourth-order valence-corrected chi connectivity index (χ4v) is 2.32. The summed E-state index contributed by atoms with van der Waals surface area (Å²) in [5.74, 6) is 0. The molecule has 2 heterocycles. The van der Waals surface area contributed by atoms with E-state index >= 15 is 0 Å². The third-order valence-electron chi connectivity index (χ3n) is 2.14. The Hall–Kier alpha value is -0.320. The zero-order valence-electron chi connectivity index (χ0n) is 7.22. The highest BCUT2D eigenvalue weighted by atomic mass is 35.5. The van der Waals surface area contributed by atoms with Crippen molar-refractivity contribution in [3.63, 3.8) is 0 Å².